The van der Waals surface area contributed by atoms with Crippen molar-refractivity contribution in [1.82, 2.24) is 15.6 Å². The molecule has 0 unspecified atom stereocenters. The first-order chi connectivity index (χ1) is 15.3. The second-order valence-corrected chi connectivity index (χ2v) is 10.4. The molecule has 1 aromatic rings. The minimum absolute atomic E-state index is 0.000326. The number of nitrogens with one attached hydrogen (secondary N) is 2. The molecule has 33 heavy (non-hydrogen) atoms. The predicted molar refractivity (Wildman–Crippen MR) is 119 cm³/mol. The lowest BCUT2D eigenvalue weighted by molar-refractivity contribution is -0.175. The zero-order valence-electron chi connectivity index (χ0n) is 19.5. The van der Waals surface area contributed by atoms with E-state index in [2.05, 4.69) is 43.7 Å². The molecule has 3 N–H and O–H groups in total. The summed E-state index contributed by atoms with van der Waals surface area (Å²) in [4.78, 5) is 15.9. The van der Waals surface area contributed by atoms with Gasteiger partial charge >= 0.3 is 12.1 Å². The minimum Gasteiger partial charge on any atom is -0.471 e. The number of aliphatic hydroxyl groups is 1. The minimum atomic E-state index is -5.02. The highest BCUT2D eigenvalue weighted by Gasteiger charge is 2.46. The molecule has 3 atom stereocenters. The summed E-state index contributed by atoms with van der Waals surface area (Å²) in [5, 5.41) is 15.8. The van der Waals surface area contributed by atoms with Crippen molar-refractivity contribution in [3.63, 3.8) is 0 Å². The van der Waals surface area contributed by atoms with E-state index >= 15 is 0 Å². The van der Waals surface area contributed by atoms with Gasteiger partial charge in [-0.25, -0.2) is 4.98 Å². The van der Waals surface area contributed by atoms with Gasteiger partial charge in [0.1, 0.15) is 5.60 Å². The average Bonchev–Trinajstić information content (AvgIpc) is 2.68. The first-order valence-electron chi connectivity index (χ1n) is 11.4. The molecule has 0 saturated heterocycles. The summed E-state index contributed by atoms with van der Waals surface area (Å²) >= 11 is 0. The summed E-state index contributed by atoms with van der Waals surface area (Å²) in [6, 6.07) is 0.792. The highest BCUT2D eigenvalue weighted by Crippen LogP contribution is 2.48. The van der Waals surface area contributed by atoms with Crippen LogP contribution in [0, 0.1) is 5.41 Å². The van der Waals surface area contributed by atoms with Gasteiger partial charge in [-0.2, -0.15) is 13.2 Å². The Labute approximate surface area is 193 Å². The molecule has 1 amide bonds. The van der Waals surface area contributed by atoms with Crippen molar-refractivity contribution in [3.8, 4) is 5.88 Å². The number of halogens is 3. The molecular formula is C24H34F3N3O3. The first-order valence-corrected chi connectivity index (χ1v) is 11.4. The number of pyridine rings is 1. The first kappa shape index (κ1) is 25.5. The Balaban J connectivity index is 1.75. The van der Waals surface area contributed by atoms with E-state index in [1.54, 1.807) is 0 Å². The van der Waals surface area contributed by atoms with Crippen LogP contribution in [0.1, 0.15) is 70.0 Å². The number of aliphatic hydroxyl groups excluding tert-OH is 1. The molecule has 1 aromatic heterocycles. The number of rotatable bonds is 8. The fraction of sp³-hybridized carbons (Fsp3) is 0.667. The second-order valence-electron chi connectivity index (χ2n) is 10.4. The van der Waals surface area contributed by atoms with Gasteiger partial charge in [-0.05, 0) is 49.1 Å². The normalized spacial score (nSPS) is 21.4. The highest BCUT2D eigenvalue weighted by molar-refractivity contribution is 5.82. The van der Waals surface area contributed by atoms with Crippen molar-refractivity contribution in [2.45, 2.75) is 89.3 Å². The molecule has 0 aromatic carbocycles. The van der Waals surface area contributed by atoms with Gasteiger partial charge in [0.15, 0.2) is 0 Å². The third-order valence-corrected chi connectivity index (χ3v) is 6.23. The molecule has 184 valence electrons. The summed E-state index contributed by atoms with van der Waals surface area (Å²) in [6.07, 6.45) is 1.39. The molecule has 6 nitrogen and oxygen atoms in total. The van der Waals surface area contributed by atoms with E-state index in [0.29, 0.717) is 12.3 Å². The number of carbonyl (C=O) groups excluding carboxylic acids is 1. The third-order valence-electron chi connectivity index (χ3n) is 6.23. The van der Waals surface area contributed by atoms with Gasteiger partial charge in [-0.1, -0.05) is 26.8 Å². The zero-order valence-corrected chi connectivity index (χ0v) is 19.5. The average molecular weight is 470 g/mol. The molecule has 2 heterocycles. The number of fused-ring (bicyclic) bond motifs is 1. The smallest absolute Gasteiger partial charge is 0.471 e. The fourth-order valence-electron chi connectivity index (χ4n) is 4.49. The van der Waals surface area contributed by atoms with Crippen LogP contribution in [0.15, 0.2) is 24.9 Å². The number of carbonyl (C=O) groups is 1. The van der Waals surface area contributed by atoms with Crippen LogP contribution >= 0.6 is 0 Å². The van der Waals surface area contributed by atoms with Crippen molar-refractivity contribution < 1.29 is 27.8 Å². The van der Waals surface area contributed by atoms with Gasteiger partial charge < -0.3 is 20.5 Å². The number of alkyl halides is 3. The molecule has 0 bridgehead atoms. The quantitative estimate of drug-likeness (QED) is 0.502. The van der Waals surface area contributed by atoms with E-state index in [0.717, 1.165) is 36.8 Å². The molecule has 0 radical (unpaired) electrons. The lowest BCUT2D eigenvalue weighted by atomic mass is 9.73. The summed E-state index contributed by atoms with van der Waals surface area (Å²) in [6.45, 7) is 9.96. The van der Waals surface area contributed by atoms with Gasteiger partial charge in [-0.15, -0.1) is 6.58 Å². The second kappa shape index (κ2) is 9.62. The molecule has 9 heteroatoms. The Hall–Kier alpha value is -2.13. The Morgan fingerprint density at radius 2 is 2.09 bits per heavy atom. The fourth-order valence-corrected chi connectivity index (χ4v) is 4.49. The zero-order chi connectivity index (χ0) is 24.4. The SMILES string of the molecule is C=CC[C@H](NC(=O)C(F)(F)F)[C@H](O)CN[C@H]1CC2(CCC2)Oc2ncc(CC(C)(C)C)cc21. The Bertz CT molecular complexity index is 863. The van der Waals surface area contributed by atoms with Gasteiger partial charge in [0.05, 0.1) is 12.1 Å². The summed E-state index contributed by atoms with van der Waals surface area (Å²) in [5.41, 5.74) is 1.75. The summed E-state index contributed by atoms with van der Waals surface area (Å²) in [5.74, 6) is -1.51. The van der Waals surface area contributed by atoms with Crippen LogP contribution in [0.4, 0.5) is 13.2 Å². The molecule has 1 fully saturated rings. The number of hydrogen-bond acceptors (Lipinski definition) is 5. The largest absolute Gasteiger partial charge is 0.471 e. The van der Waals surface area contributed by atoms with Gasteiger partial charge in [0.25, 0.3) is 0 Å². The van der Waals surface area contributed by atoms with Crippen LogP contribution < -0.4 is 15.4 Å². The number of aromatic nitrogens is 1. The molecule has 1 aliphatic carbocycles. The third kappa shape index (κ3) is 6.47. The Kier molecular flexibility index (Phi) is 7.43. The molecule has 2 aliphatic rings. The van der Waals surface area contributed by atoms with Gasteiger partial charge in [-0.3, -0.25) is 4.79 Å². The molecule has 3 rings (SSSR count). The van der Waals surface area contributed by atoms with Crippen LogP contribution in [-0.2, 0) is 11.2 Å². The summed E-state index contributed by atoms with van der Waals surface area (Å²) < 4.78 is 44.3. The topological polar surface area (TPSA) is 83.5 Å². The van der Waals surface area contributed by atoms with Crippen LogP contribution in [0.25, 0.3) is 0 Å². The molecule has 1 spiro atoms. The van der Waals surface area contributed by atoms with E-state index < -0.39 is 24.2 Å². The van der Waals surface area contributed by atoms with Crippen LogP contribution in [0.2, 0.25) is 0 Å². The molecular weight excluding hydrogens is 435 g/mol. The summed E-state index contributed by atoms with van der Waals surface area (Å²) in [7, 11) is 0. The number of hydrogen-bond donors (Lipinski definition) is 3. The van der Waals surface area contributed by atoms with Crippen molar-refractivity contribution in [3.05, 3.63) is 36.0 Å². The van der Waals surface area contributed by atoms with Crippen LogP contribution in [-0.4, -0.2) is 46.5 Å². The highest BCUT2D eigenvalue weighted by atomic mass is 19.4. The Morgan fingerprint density at radius 1 is 1.39 bits per heavy atom. The van der Waals surface area contributed by atoms with Crippen molar-refractivity contribution in [2.24, 2.45) is 5.41 Å². The van der Waals surface area contributed by atoms with E-state index in [1.807, 2.05) is 11.5 Å². The maximum absolute atomic E-state index is 12.7. The van der Waals surface area contributed by atoms with E-state index in [-0.39, 0.29) is 30.0 Å². The van der Waals surface area contributed by atoms with E-state index in [4.69, 9.17) is 4.74 Å². The van der Waals surface area contributed by atoms with Crippen molar-refractivity contribution >= 4 is 5.91 Å². The van der Waals surface area contributed by atoms with Gasteiger partial charge in [0.2, 0.25) is 5.88 Å². The standard InChI is InChI=1S/C24H34F3N3O3/c1-5-7-17(30-21(32)24(25,26)27)19(31)14-28-18-12-23(8-6-9-23)33-20-16(18)10-15(13-29-20)11-22(2,3)4/h5,10,13,17-19,28,31H,1,6-9,11-12,14H2,2-4H3,(H,30,32)/t17-,18-,19+/m0/s1. The van der Waals surface area contributed by atoms with Crippen molar-refractivity contribution in [2.75, 3.05) is 6.54 Å². The van der Waals surface area contributed by atoms with Crippen LogP contribution in [0.3, 0.4) is 0 Å². The predicted octanol–water partition coefficient (Wildman–Crippen LogP) is 3.99. The van der Waals surface area contributed by atoms with E-state index in [9.17, 15) is 23.1 Å². The molecule has 1 saturated carbocycles. The van der Waals surface area contributed by atoms with Crippen LogP contribution in [0.5, 0.6) is 5.88 Å². The monoisotopic (exact) mass is 469 g/mol. The number of nitrogens with zero attached hydrogens (tertiary/aromatic N) is 1. The number of amides is 1. The maximum Gasteiger partial charge on any atom is 0.471 e. The van der Waals surface area contributed by atoms with Crippen molar-refractivity contribution in [1.29, 1.82) is 0 Å². The maximum atomic E-state index is 12.7. The molecule has 1 aliphatic heterocycles. The van der Waals surface area contributed by atoms with E-state index in [1.165, 1.54) is 6.08 Å². The van der Waals surface area contributed by atoms with Gasteiger partial charge in [0, 0.05) is 30.8 Å². The number of ether oxygens (including phenoxy) is 1. The Morgan fingerprint density at radius 3 is 2.64 bits per heavy atom. The lowest BCUT2D eigenvalue weighted by Crippen LogP contribution is -2.53. The lowest BCUT2D eigenvalue weighted by Gasteiger charge is -2.47.